The van der Waals surface area contributed by atoms with E-state index < -0.39 is 36.5 Å². The smallest absolute Gasteiger partial charge is 0.331 e. The van der Waals surface area contributed by atoms with Gasteiger partial charge in [0.05, 0.1) is 24.4 Å². The van der Waals surface area contributed by atoms with Crippen LogP contribution in [0, 0.1) is 29.6 Å². The van der Waals surface area contributed by atoms with E-state index in [4.69, 9.17) is 4.74 Å². The molecule has 0 fully saturated rings. The Kier molecular flexibility index (Phi) is 15.6. The molecule has 0 aromatic heterocycles. The van der Waals surface area contributed by atoms with E-state index >= 15 is 0 Å². The molecule has 0 radical (unpaired) electrons. The SMILES string of the molecule is C=C/C=C\[C@H](C)[C@@H]1OC(=O)/C=C\C=C\[C@@H](C)[C@@H](O)C[C@@H](O)/C=C\[C@H](C)[C@H](O)[C@@H](C)CCCC[C@@H](O)[C@@H]1C. The van der Waals surface area contributed by atoms with E-state index in [0.717, 1.165) is 19.3 Å². The monoisotopic (exact) mass is 518 g/mol. The number of carbonyl (C=O) groups is 1. The predicted octanol–water partition coefficient (Wildman–Crippen LogP) is 4.90. The van der Waals surface area contributed by atoms with E-state index in [0.29, 0.717) is 6.42 Å². The second kappa shape index (κ2) is 17.5. The van der Waals surface area contributed by atoms with Crippen LogP contribution in [0.4, 0.5) is 0 Å². The summed E-state index contributed by atoms with van der Waals surface area (Å²) in [4.78, 5) is 12.6. The zero-order valence-electron chi connectivity index (χ0n) is 23.3. The minimum atomic E-state index is -0.822. The van der Waals surface area contributed by atoms with Gasteiger partial charge in [-0.25, -0.2) is 4.79 Å². The van der Waals surface area contributed by atoms with Gasteiger partial charge in [-0.05, 0) is 18.8 Å². The summed E-state index contributed by atoms with van der Waals surface area (Å²) in [5.74, 6) is -1.20. The highest BCUT2D eigenvalue weighted by Crippen LogP contribution is 2.26. The van der Waals surface area contributed by atoms with Gasteiger partial charge in [0.1, 0.15) is 6.10 Å². The minimum absolute atomic E-state index is 0.0597. The normalized spacial score (nSPS) is 39.5. The first-order valence-corrected chi connectivity index (χ1v) is 13.7. The van der Waals surface area contributed by atoms with Crippen LogP contribution in [0.3, 0.4) is 0 Å². The fourth-order valence-corrected chi connectivity index (χ4v) is 4.68. The zero-order valence-corrected chi connectivity index (χ0v) is 23.3. The van der Waals surface area contributed by atoms with Crippen LogP contribution in [0.5, 0.6) is 0 Å². The van der Waals surface area contributed by atoms with Gasteiger partial charge >= 0.3 is 5.97 Å². The topological polar surface area (TPSA) is 107 Å². The quantitative estimate of drug-likeness (QED) is 0.241. The van der Waals surface area contributed by atoms with Crippen molar-refractivity contribution in [3.8, 4) is 0 Å². The van der Waals surface area contributed by atoms with Gasteiger partial charge in [-0.2, -0.15) is 0 Å². The summed E-state index contributed by atoms with van der Waals surface area (Å²) < 4.78 is 5.78. The Labute approximate surface area is 224 Å². The lowest BCUT2D eigenvalue weighted by atomic mass is 9.85. The van der Waals surface area contributed by atoms with Crippen LogP contribution in [-0.2, 0) is 9.53 Å². The van der Waals surface area contributed by atoms with Crippen LogP contribution < -0.4 is 0 Å². The Hall–Kier alpha value is -1.99. The fourth-order valence-electron chi connectivity index (χ4n) is 4.68. The first kappa shape index (κ1) is 33.0. The van der Waals surface area contributed by atoms with Gasteiger partial charge in [0, 0.05) is 36.2 Å². The lowest BCUT2D eigenvalue weighted by Crippen LogP contribution is -2.37. The first-order valence-electron chi connectivity index (χ1n) is 13.7. The third-order valence-electron chi connectivity index (χ3n) is 7.46. The predicted molar refractivity (Wildman–Crippen MR) is 150 cm³/mol. The van der Waals surface area contributed by atoms with E-state index in [1.165, 1.54) is 6.08 Å². The van der Waals surface area contributed by atoms with Crippen molar-refractivity contribution in [2.45, 2.75) is 97.2 Å². The van der Waals surface area contributed by atoms with Crippen LogP contribution in [0.15, 0.2) is 61.3 Å². The van der Waals surface area contributed by atoms with Crippen LogP contribution in [-0.4, -0.2) is 56.9 Å². The maximum atomic E-state index is 12.6. The molecular weight excluding hydrogens is 468 g/mol. The molecule has 6 heteroatoms. The van der Waals surface area contributed by atoms with Crippen molar-refractivity contribution in [3.05, 3.63) is 61.3 Å². The van der Waals surface area contributed by atoms with Gasteiger partial charge < -0.3 is 25.2 Å². The average Bonchev–Trinajstić information content (AvgIpc) is 2.87. The number of ether oxygens (including phenoxy) is 1. The van der Waals surface area contributed by atoms with Crippen molar-refractivity contribution in [2.75, 3.05) is 0 Å². The lowest BCUT2D eigenvalue weighted by Gasteiger charge is -2.31. The van der Waals surface area contributed by atoms with Gasteiger partial charge in [-0.1, -0.05) is 103 Å². The van der Waals surface area contributed by atoms with Crippen LogP contribution in [0.25, 0.3) is 0 Å². The molecule has 0 amide bonds. The highest BCUT2D eigenvalue weighted by molar-refractivity contribution is 5.82. The third kappa shape index (κ3) is 12.4. The van der Waals surface area contributed by atoms with Crippen LogP contribution >= 0.6 is 0 Å². The van der Waals surface area contributed by atoms with Crippen LogP contribution in [0.1, 0.15) is 66.7 Å². The summed E-state index contributed by atoms with van der Waals surface area (Å²) in [6, 6.07) is 0. The molecule has 0 aromatic rings. The molecule has 0 bridgehead atoms. The van der Waals surface area contributed by atoms with Gasteiger partial charge in [-0.3, -0.25) is 0 Å². The van der Waals surface area contributed by atoms with Gasteiger partial charge in [-0.15, -0.1) is 0 Å². The second-order valence-corrected chi connectivity index (χ2v) is 10.8. The van der Waals surface area contributed by atoms with E-state index in [1.54, 1.807) is 30.4 Å². The number of cyclic esters (lactones) is 1. The van der Waals surface area contributed by atoms with Gasteiger partial charge in [0.2, 0.25) is 0 Å². The summed E-state index contributed by atoms with van der Waals surface area (Å²) in [5.41, 5.74) is 0. The molecule has 210 valence electrons. The molecule has 37 heavy (non-hydrogen) atoms. The largest absolute Gasteiger partial charge is 0.458 e. The number of hydrogen-bond donors (Lipinski definition) is 4. The summed E-state index contributed by atoms with van der Waals surface area (Å²) in [5, 5.41) is 42.4. The summed E-state index contributed by atoms with van der Waals surface area (Å²) >= 11 is 0. The van der Waals surface area contributed by atoms with E-state index in [1.807, 2.05) is 52.8 Å². The Balaban J connectivity index is 3.10. The molecule has 0 spiro atoms. The Bertz CT molecular complexity index is 785. The lowest BCUT2D eigenvalue weighted by molar-refractivity contribution is -0.150. The number of aliphatic hydroxyl groups excluding tert-OH is 4. The van der Waals surface area contributed by atoms with Crippen molar-refractivity contribution in [1.29, 1.82) is 0 Å². The van der Waals surface area contributed by atoms with E-state index in [-0.39, 0.29) is 36.0 Å². The third-order valence-corrected chi connectivity index (χ3v) is 7.46. The summed E-state index contributed by atoms with van der Waals surface area (Å²) in [7, 11) is 0. The molecule has 0 unspecified atom stereocenters. The molecule has 0 saturated heterocycles. The Morgan fingerprint density at radius 2 is 1.62 bits per heavy atom. The molecule has 1 aliphatic rings. The fraction of sp³-hybridized carbons (Fsp3) is 0.645. The van der Waals surface area contributed by atoms with E-state index in [2.05, 4.69) is 6.58 Å². The first-order chi connectivity index (χ1) is 17.5. The summed E-state index contributed by atoms with van der Waals surface area (Å²) in [6.07, 6.45) is 15.1. The molecule has 1 aliphatic heterocycles. The molecule has 10 atom stereocenters. The standard InChI is InChI=1S/C31H50O6/c1-7-8-13-24(5)31-25(6)27(33)16-11-9-15-22(3)30(36)23(4)18-19-26(32)20-28(34)21(2)14-10-12-17-29(35)37-31/h7-8,10,12-14,17-19,21-28,30-34,36H,1,9,11,15-16,20H2,2-6H3/b13-8-,14-10+,17-12-,19-18-/t21-,22+,23+,24+,25+,26+,27-,28+,30-,31+/m1/s1. The highest BCUT2D eigenvalue weighted by atomic mass is 16.5. The molecular formula is C31H50O6. The summed E-state index contributed by atoms with van der Waals surface area (Å²) in [6.45, 7) is 13.3. The van der Waals surface area contributed by atoms with Crippen LogP contribution in [0.2, 0.25) is 0 Å². The maximum Gasteiger partial charge on any atom is 0.331 e. The van der Waals surface area contributed by atoms with Gasteiger partial charge in [0.15, 0.2) is 0 Å². The average molecular weight is 519 g/mol. The molecule has 0 aliphatic carbocycles. The van der Waals surface area contributed by atoms with Crippen molar-refractivity contribution in [2.24, 2.45) is 29.6 Å². The second-order valence-electron chi connectivity index (χ2n) is 10.8. The van der Waals surface area contributed by atoms with Crippen molar-refractivity contribution in [1.82, 2.24) is 0 Å². The van der Waals surface area contributed by atoms with Gasteiger partial charge in [0.25, 0.3) is 0 Å². The minimum Gasteiger partial charge on any atom is -0.458 e. The van der Waals surface area contributed by atoms with E-state index in [9.17, 15) is 25.2 Å². The van der Waals surface area contributed by atoms with Crippen molar-refractivity contribution in [3.63, 3.8) is 0 Å². The van der Waals surface area contributed by atoms with Crippen molar-refractivity contribution >= 4 is 5.97 Å². The number of esters is 1. The molecule has 1 heterocycles. The molecule has 1 rings (SSSR count). The number of carbonyl (C=O) groups excluding carboxylic acids is 1. The maximum absolute atomic E-state index is 12.6. The Morgan fingerprint density at radius 3 is 2.30 bits per heavy atom. The van der Waals surface area contributed by atoms with Crippen molar-refractivity contribution < 1.29 is 30.0 Å². The molecule has 6 nitrogen and oxygen atoms in total. The number of allylic oxidation sites excluding steroid dienone is 4. The molecule has 0 saturated carbocycles. The zero-order chi connectivity index (χ0) is 28.0. The number of aliphatic hydroxyl groups is 4. The molecule has 4 N–H and O–H groups in total. The molecule has 0 aromatic carbocycles. The number of rotatable bonds is 3. The highest BCUT2D eigenvalue weighted by Gasteiger charge is 2.30. The Morgan fingerprint density at radius 1 is 0.946 bits per heavy atom. The number of hydrogen-bond acceptors (Lipinski definition) is 6.